The molecule has 3 nitrogen and oxygen atoms in total. The molecule has 0 saturated heterocycles. The Kier molecular flexibility index (Phi) is 5.75. The van der Waals surface area contributed by atoms with Gasteiger partial charge in [0.1, 0.15) is 0 Å². The first-order chi connectivity index (χ1) is 13.1. The molecule has 0 unspecified atom stereocenters. The quantitative estimate of drug-likeness (QED) is 0.419. The lowest BCUT2D eigenvalue weighted by Gasteiger charge is -2.03. The van der Waals surface area contributed by atoms with Gasteiger partial charge in [-0.3, -0.25) is 0 Å². The van der Waals surface area contributed by atoms with E-state index >= 15 is 0 Å². The molecule has 0 aromatic heterocycles. The van der Waals surface area contributed by atoms with Gasteiger partial charge < -0.3 is 17.2 Å². The predicted molar refractivity (Wildman–Crippen MR) is 117 cm³/mol. The van der Waals surface area contributed by atoms with Crippen molar-refractivity contribution in [2.75, 3.05) is 17.2 Å². The molecule has 0 aliphatic rings. The number of anilines is 3. The predicted octanol–water partition coefficient (Wildman–Crippen LogP) is 5.45. The number of nitrogen functional groups attached to an aromatic ring is 3. The van der Waals surface area contributed by atoms with Gasteiger partial charge in [-0.05, 0) is 47.0 Å². The zero-order valence-electron chi connectivity index (χ0n) is 15.0. The molecule has 27 heavy (non-hydrogen) atoms. The lowest BCUT2D eigenvalue weighted by atomic mass is 10.0. The molecule has 0 aliphatic carbocycles. The van der Waals surface area contributed by atoms with Crippen LogP contribution in [0.5, 0.6) is 0 Å². The minimum absolute atomic E-state index is 0.782. The lowest BCUT2D eigenvalue weighted by molar-refractivity contribution is 1.61. The van der Waals surface area contributed by atoms with E-state index in [0.29, 0.717) is 0 Å². The molecule has 4 aromatic rings. The van der Waals surface area contributed by atoms with Gasteiger partial charge in [-0.2, -0.15) is 0 Å². The van der Waals surface area contributed by atoms with Gasteiger partial charge in [0, 0.05) is 22.6 Å². The number of nitrogens with two attached hydrogens (primary N) is 3. The van der Waals surface area contributed by atoms with Crippen LogP contribution in [-0.4, -0.2) is 0 Å². The molecule has 3 heteroatoms. The van der Waals surface area contributed by atoms with Crippen LogP contribution in [0.1, 0.15) is 0 Å². The van der Waals surface area contributed by atoms with Crippen molar-refractivity contribution in [2.24, 2.45) is 0 Å². The van der Waals surface area contributed by atoms with Gasteiger partial charge in [0.25, 0.3) is 0 Å². The van der Waals surface area contributed by atoms with Crippen molar-refractivity contribution in [3.8, 4) is 22.3 Å². The van der Waals surface area contributed by atoms with E-state index < -0.39 is 0 Å². The third-order valence-corrected chi connectivity index (χ3v) is 4.20. The average Bonchev–Trinajstić information content (AvgIpc) is 2.71. The van der Waals surface area contributed by atoms with Gasteiger partial charge in [-0.1, -0.05) is 72.8 Å². The Balaban J connectivity index is 0.000000156. The standard InChI is InChI=1S/C12H12N2.C12H11N/c13-11-5-1-9(2-6-11)10-3-7-12(14)8-4-10;13-12-9-5-4-8-11(12)10-6-2-1-3-7-10/h1-8H,13-14H2;1-9H,13H2. The zero-order valence-corrected chi connectivity index (χ0v) is 15.0. The second kappa shape index (κ2) is 8.59. The Bertz CT molecular complexity index is 933. The van der Waals surface area contributed by atoms with Crippen LogP contribution in [0.25, 0.3) is 22.3 Å². The van der Waals surface area contributed by atoms with E-state index in [4.69, 9.17) is 17.2 Å². The summed E-state index contributed by atoms with van der Waals surface area (Å²) in [5.41, 5.74) is 24.0. The van der Waals surface area contributed by atoms with Crippen LogP contribution >= 0.6 is 0 Å². The summed E-state index contributed by atoms with van der Waals surface area (Å²) < 4.78 is 0. The Labute approximate surface area is 160 Å². The van der Waals surface area contributed by atoms with Gasteiger partial charge in [0.2, 0.25) is 0 Å². The highest BCUT2D eigenvalue weighted by Crippen LogP contribution is 2.24. The molecule has 4 rings (SSSR count). The van der Waals surface area contributed by atoms with Crippen LogP contribution < -0.4 is 17.2 Å². The number of hydrogen-bond acceptors (Lipinski definition) is 3. The summed E-state index contributed by atoms with van der Waals surface area (Å²) >= 11 is 0. The van der Waals surface area contributed by atoms with E-state index in [1.165, 1.54) is 5.56 Å². The third kappa shape index (κ3) is 4.89. The van der Waals surface area contributed by atoms with Crippen LogP contribution in [0.3, 0.4) is 0 Å². The lowest BCUT2D eigenvalue weighted by Crippen LogP contribution is -1.88. The molecular formula is C24H23N3. The first kappa shape index (κ1) is 18.1. The average molecular weight is 353 g/mol. The minimum Gasteiger partial charge on any atom is -0.399 e. The molecule has 0 amide bonds. The number of benzene rings is 4. The summed E-state index contributed by atoms with van der Waals surface area (Å²) in [5, 5.41) is 0. The highest BCUT2D eigenvalue weighted by Gasteiger charge is 1.98. The maximum absolute atomic E-state index is 5.85. The second-order valence-electron chi connectivity index (χ2n) is 6.20. The SMILES string of the molecule is Nc1ccc(-c2ccc(N)cc2)cc1.Nc1ccccc1-c1ccccc1. The Hall–Kier alpha value is -3.72. The van der Waals surface area contributed by atoms with E-state index in [-0.39, 0.29) is 0 Å². The maximum atomic E-state index is 5.85. The first-order valence-corrected chi connectivity index (χ1v) is 8.75. The molecule has 0 bridgehead atoms. The fourth-order valence-electron chi connectivity index (χ4n) is 2.73. The molecule has 6 N–H and O–H groups in total. The number of para-hydroxylation sites is 1. The molecule has 0 saturated carbocycles. The summed E-state index contributed by atoms with van der Waals surface area (Å²) in [6, 6.07) is 33.6. The monoisotopic (exact) mass is 353 g/mol. The largest absolute Gasteiger partial charge is 0.399 e. The van der Waals surface area contributed by atoms with Crippen molar-refractivity contribution in [1.29, 1.82) is 0 Å². The molecular weight excluding hydrogens is 330 g/mol. The summed E-state index contributed by atoms with van der Waals surface area (Å²) in [5.74, 6) is 0. The first-order valence-electron chi connectivity index (χ1n) is 8.75. The molecule has 4 aromatic carbocycles. The zero-order chi connectivity index (χ0) is 19.1. The summed E-state index contributed by atoms with van der Waals surface area (Å²) in [6.07, 6.45) is 0. The summed E-state index contributed by atoms with van der Waals surface area (Å²) in [7, 11) is 0. The van der Waals surface area contributed by atoms with E-state index in [0.717, 1.165) is 33.8 Å². The molecule has 0 fully saturated rings. The smallest absolute Gasteiger partial charge is 0.0393 e. The molecule has 134 valence electrons. The maximum Gasteiger partial charge on any atom is 0.0393 e. The van der Waals surface area contributed by atoms with Crippen LogP contribution in [0, 0.1) is 0 Å². The number of hydrogen-bond donors (Lipinski definition) is 3. The molecule has 0 heterocycles. The highest BCUT2D eigenvalue weighted by molar-refractivity contribution is 5.75. The minimum atomic E-state index is 0.782. The van der Waals surface area contributed by atoms with Crippen molar-refractivity contribution in [2.45, 2.75) is 0 Å². The second-order valence-corrected chi connectivity index (χ2v) is 6.20. The van der Waals surface area contributed by atoms with Crippen LogP contribution in [0.15, 0.2) is 103 Å². The van der Waals surface area contributed by atoms with Crippen LogP contribution in [0.4, 0.5) is 17.1 Å². The number of rotatable bonds is 2. The fourth-order valence-corrected chi connectivity index (χ4v) is 2.73. The normalized spacial score (nSPS) is 9.93. The van der Waals surface area contributed by atoms with Crippen molar-refractivity contribution in [1.82, 2.24) is 0 Å². The molecule has 0 radical (unpaired) electrons. The van der Waals surface area contributed by atoms with Gasteiger partial charge in [0.15, 0.2) is 0 Å². The van der Waals surface area contributed by atoms with E-state index in [1.54, 1.807) is 0 Å². The molecule has 0 spiro atoms. The van der Waals surface area contributed by atoms with Crippen molar-refractivity contribution >= 4 is 17.1 Å². The van der Waals surface area contributed by atoms with E-state index in [2.05, 4.69) is 12.1 Å². The summed E-state index contributed by atoms with van der Waals surface area (Å²) in [6.45, 7) is 0. The van der Waals surface area contributed by atoms with Crippen molar-refractivity contribution < 1.29 is 0 Å². The van der Waals surface area contributed by atoms with Gasteiger partial charge in [-0.25, -0.2) is 0 Å². The van der Waals surface area contributed by atoms with Gasteiger partial charge in [-0.15, -0.1) is 0 Å². The Morgan fingerprint density at radius 3 is 1.30 bits per heavy atom. The fraction of sp³-hybridized carbons (Fsp3) is 0. The Morgan fingerprint density at radius 1 is 0.370 bits per heavy atom. The van der Waals surface area contributed by atoms with Crippen molar-refractivity contribution in [3.05, 3.63) is 103 Å². The third-order valence-electron chi connectivity index (χ3n) is 4.20. The van der Waals surface area contributed by atoms with Crippen LogP contribution in [0.2, 0.25) is 0 Å². The van der Waals surface area contributed by atoms with Gasteiger partial charge in [0.05, 0.1) is 0 Å². The van der Waals surface area contributed by atoms with E-state index in [1.807, 2.05) is 91.0 Å². The molecule has 0 atom stereocenters. The summed E-state index contributed by atoms with van der Waals surface area (Å²) in [4.78, 5) is 0. The topological polar surface area (TPSA) is 78.1 Å². The van der Waals surface area contributed by atoms with Gasteiger partial charge >= 0.3 is 0 Å². The van der Waals surface area contributed by atoms with E-state index in [9.17, 15) is 0 Å². The molecule has 0 aliphatic heterocycles. The highest BCUT2D eigenvalue weighted by atomic mass is 14.6. The van der Waals surface area contributed by atoms with Crippen molar-refractivity contribution in [3.63, 3.8) is 0 Å². The Morgan fingerprint density at radius 2 is 0.815 bits per heavy atom. The van der Waals surface area contributed by atoms with Crippen LogP contribution in [-0.2, 0) is 0 Å².